The van der Waals surface area contributed by atoms with Crippen LogP contribution < -0.4 is 0 Å². The van der Waals surface area contributed by atoms with Crippen molar-refractivity contribution in [2.75, 3.05) is 13.2 Å². The van der Waals surface area contributed by atoms with Crippen LogP contribution >= 0.6 is 0 Å². The minimum atomic E-state index is -0.822. The van der Waals surface area contributed by atoms with Crippen molar-refractivity contribution in [3.63, 3.8) is 0 Å². The van der Waals surface area contributed by atoms with Gasteiger partial charge in [0.25, 0.3) is 0 Å². The molecule has 0 aromatic rings. The first-order valence-corrected chi connectivity index (χ1v) is 33.6. The van der Waals surface area contributed by atoms with E-state index in [-0.39, 0.29) is 37.5 Å². The molecule has 6 nitrogen and oxygen atoms in total. The van der Waals surface area contributed by atoms with Gasteiger partial charge in [-0.25, -0.2) is 0 Å². The average molecular weight is 1140 g/mol. The van der Waals surface area contributed by atoms with Crippen molar-refractivity contribution < 1.29 is 28.6 Å². The summed E-state index contributed by atoms with van der Waals surface area (Å²) >= 11 is 0. The molecule has 0 aliphatic rings. The van der Waals surface area contributed by atoms with Crippen LogP contribution in [0.15, 0.2) is 170 Å². The first kappa shape index (κ1) is 77.8. The molecule has 0 spiro atoms. The molecule has 0 N–H and O–H groups in total. The minimum Gasteiger partial charge on any atom is -0.462 e. The summed E-state index contributed by atoms with van der Waals surface area (Å²) in [4.78, 5) is 38.4. The molecule has 83 heavy (non-hydrogen) atoms. The summed E-state index contributed by atoms with van der Waals surface area (Å²) in [6, 6.07) is 0. The first-order valence-electron chi connectivity index (χ1n) is 33.6. The molecule has 0 radical (unpaired) electrons. The SMILES string of the molecule is CC/C=C\C/C=C\C/C=C\C/C=C\C/C=C\C/C=C\C/C=C\CCCCCCCCCC(=O)OCC(COC(=O)CCCCCCCCCCCCCCC)OC(=O)CCC/C=C\C/C=C\C/C=C\C/C=C\C/C=C\C/C=C\C/C=C\CC. The molecule has 0 saturated carbocycles. The van der Waals surface area contributed by atoms with Gasteiger partial charge in [0, 0.05) is 19.3 Å². The molecular weight excluding hydrogens is 1020 g/mol. The van der Waals surface area contributed by atoms with E-state index >= 15 is 0 Å². The van der Waals surface area contributed by atoms with Crippen LogP contribution in [0.4, 0.5) is 0 Å². The van der Waals surface area contributed by atoms with Crippen molar-refractivity contribution in [1.29, 1.82) is 0 Å². The molecular formula is C77H122O6. The van der Waals surface area contributed by atoms with E-state index in [1.165, 1.54) is 89.9 Å². The van der Waals surface area contributed by atoms with E-state index in [0.717, 1.165) is 141 Å². The van der Waals surface area contributed by atoms with Crippen LogP contribution in [0.5, 0.6) is 0 Å². The van der Waals surface area contributed by atoms with E-state index in [4.69, 9.17) is 14.2 Å². The maximum atomic E-state index is 12.9. The highest BCUT2D eigenvalue weighted by atomic mass is 16.6. The van der Waals surface area contributed by atoms with Crippen molar-refractivity contribution in [2.45, 2.75) is 284 Å². The summed E-state index contributed by atoms with van der Waals surface area (Å²) in [5.74, 6) is -0.983. The lowest BCUT2D eigenvalue weighted by Crippen LogP contribution is -2.30. The molecule has 0 aromatic carbocycles. The van der Waals surface area contributed by atoms with Gasteiger partial charge in [0.1, 0.15) is 13.2 Å². The average Bonchev–Trinajstić information content (AvgIpc) is 3.49. The fraction of sp³-hybridized carbons (Fsp3) is 0.597. The Morgan fingerprint density at radius 3 is 0.771 bits per heavy atom. The Bertz CT molecular complexity index is 1890. The van der Waals surface area contributed by atoms with E-state index in [0.29, 0.717) is 19.3 Å². The van der Waals surface area contributed by atoms with Gasteiger partial charge in [-0.05, 0) is 128 Å². The third-order valence-electron chi connectivity index (χ3n) is 13.7. The van der Waals surface area contributed by atoms with Crippen LogP contribution in [-0.4, -0.2) is 37.2 Å². The monoisotopic (exact) mass is 1140 g/mol. The fourth-order valence-electron chi connectivity index (χ4n) is 8.77. The molecule has 466 valence electrons. The van der Waals surface area contributed by atoms with Gasteiger partial charge in [-0.2, -0.15) is 0 Å². The lowest BCUT2D eigenvalue weighted by Gasteiger charge is -2.18. The molecule has 0 aromatic heterocycles. The van der Waals surface area contributed by atoms with Crippen molar-refractivity contribution in [2.24, 2.45) is 0 Å². The van der Waals surface area contributed by atoms with Crippen LogP contribution in [0.1, 0.15) is 278 Å². The summed E-state index contributed by atoms with van der Waals surface area (Å²) in [5, 5.41) is 0. The first-order chi connectivity index (χ1) is 41.0. The van der Waals surface area contributed by atoms with E-state index < -0.39 is 6.10 Å². The van der Waals surface area contributed by atoms with Gasteiger partial charge in [0.05, 0.1) is 0 Å². The second-order valence-corrected chi connectivity index (χ2v) is 21.6. The number of hydrogen-bond donors (Lipinski definition) is 0. The van der Waals surface area contributed by atoms with Crippen molar-refractivity contribution >= 4 is 17.9 Å². The molecule has 0 rings (SSSR count). The Labute approximate surface area is 511 Å². The summed E-state index contributed by atoms with van der Waals surface area (Å²) < 4.78 is 16.9. The normalized spacial score (nSPS) is 13.2. The second kappa shape index (κ2) is 69.3. The Morgan fingerprint density at radius 2 is 0.482 bits per heavy atom. The zero-order valence-corrected chi connectivity index (χ0v) is 53.4. The molecule has 1 atom stereocenters. The van der Waals surface area contributed by atoms with Crippen LogP contribution in [-0.2, 0) is 28.6 Å². The number of ether oxygens (including phenoxy) is 3. The van der Waals surface area contributed by atoms with Gasteiger partial charge >= 0.3 is 17.9 Å². The van der Waals surface area contributed by atoms with Crippen LogP contribution in [0.2, 0.25) is 0 Å². The molecule has 0 saturated heterocycles. The molecule has 6 heteroatoms. The lowest BCUT2D eigenvalue weighted by atomic mass is 10.0. The summed E-state index contributed by atoms with van der Waals surface area (Å²) in [6.45, 7) is 6.36. The zero-order valence-electron chi connectivity index (χ0n) is 53.4. The predicted octanol–water partition coefficient (Wildman–Crippen LogP) is 23.4. The van der Waals surface area contributed by atoms with E-state index in [2.05, 4.69) is 191 Å². The summed E-state index contributed by atoms with van der Waals surface area (Å²) in [5.41, 5.74) is 0. The van der Waals surface area contributed by atoms with Crippen molar-refractivity contribution in [3.8, 4) is 0 Å². The van der Waals surface area contributed by atoms with Crippen LogP contribution in [0, 0.1) is 0 Å². The lowest BCUT2D eigenvalue weighted by molar-refractivity contribution is -0.167. The van der Waals surface area contributed by atoms with Crippen LogP contribution in [0.25, 0.3) is 0 Å². The standard InChI is InChI=1S/C77H122O6/c1-4-7-10-13-16-19-22-25-27-29-31-33-35-36-37-38-39-40-42-43-45-47-49-52-55-58-61-64-67-70-76(79)82-73-74(72-81-75(78)69-66-63-60-57-54-51-24-21-18-15-12-9-6-3)83-77(80)71-68-65-62-59-56-53-50-48-46-44-41-34-32-30-28-26-23-20-17-14-11-8-5-2/h7-8,10-11,16-17,19-20,25-28,31-34,36-37,39-40,43-46,50,53,59,62,74H,4-6,9,12-15,18,21-24,29-30,35,38,41-42,47-49,51-52,54-58,60-61,63-73H2,1-3H3/b10-7-,11-8-,19-16-,20-17-,27-25-,28-26-,33-31-,34-32-,37-36-,40-39-,45-43-,46-44-,53-50-,62-59-. The molecule has 0 aliphatic carbocycles. The third-order valence-corrected chi connectivity index (χ3v) is 13.7. The van der Waals surface area contributed by atoms with Crippen LogP contribution in [0.3, 0.4) is 0 Å². The smallest absolute Gasteiger partial charge is 0.306 e. The Balaban J connectivity index is 4.46. The predicted molar refractivity (Wildman–Crippen MR) is 361 cm³/mol. The third kappa shape index (κ3) is 67.4. The molecule has 0 amide bonds. The minimum absolute atomic E-state index is 0.110. The maximum absolute atomic E-state index is 12.9. The Kier molecular flexibility index (Phi) is 64.9. The van der Waals surface area contributed by atoms with Gasteiger partial charge in [-0.15, -0.1) is 0 Å². The van der Waals surface area contributed by atoms with Gasteiger partial charge < -0.3 is 14.2 Å². The molecule has 0 heterocycles. The van der Waals surface area contributed by atoms with Gasteiger partial charge in [-0.3, -0.25) is 14.4 Å². The topological polar surface area (TPSA) is 78.9 Å². The van der Waals surface area contributed by atoms with Gasteiger partial charge in [-0.1, -0.05) is 300 Å². The number of carbonyl (C=O) groups excluding carboxylic acids is 3. The highest BCUT2D eigenvalue weighted by Gasteiger charge is 2.19. The Hall–Kier alpha value is -5.23. The van der Waals surface area contributed by atoms with E-state index in [9.17, 15) is 14.4 Å². The number of unbranched alkanes of at least 4 members (excludes halogenated alkanes) is 20. The summed E-state index contributed by atoms with van der Waals surface area (Å²) in [6.07, 6.45) is 102. The van der Waals surface area contributed by atoms with Crippen molar-refractivity contribution in [3.05, 3.63) is 170 Å². The number of hydrogen-bond acceptors (Lipinski definition) is 6. The highest BCUT2D eigenvalue weighted by molar-refractivity contribution is 5.71. The van der Waals surface area contributed by atoms with Gasteiger partial charge in [0.15, 0.2) is 6.10 Å². The Morgan fingerprint density at radius 1 is 0.253 bits per heavy atom. The molecule has 0 bridgehead atoms. The largest absolute Gasteiger partial charge is 0.462 e. The number of allylic oxidation sites excluding steroid dienone is 28. The highest BCUT2D eigenvalue weighted by Crippen LogP contribution is 2.15. The number of carbonyl (C=O) groups is 3. The molecule has 0 aliphatic heterocycles. The quantitative estimate of drug-likeness (QED) is 0.0261. The van der Waals surface area contributed by atoms with Crippen molar-refractivity contribution in [1.82, 2.24) is 0 Å². The zero-order chi connectivity index (χ0) is 59.9. The molecule has 1 unspecified atom stereocenters. The molecule has 0 fully saturated rings. The van der Waals surface area contributed by atoms with E-state index in [1.807, 2.05) is 0 Å². The summed E-state index contributed by atoms with van der Waals surface area (Å²) in [7, 11) is 0. The maximum Gasteiger partial charge on any atom is 0.306 e. The van der Waals surface area contributed by atoms with E-state index in [1.54, 1.807) is 0 Å². The second-order valence-electron chi connectivity index (χ2n) is 21.6. The van der Waals surface area contributed by atoms with Gasteiger partial charge in [0.2, 0.25) is 0 Å². The number of esters is 3. The number of rotatable bonds is 59. The fourth-order valence-corrected chi connectivity index (χ4v) is 8.77.